The number of anilines is 3. The molecule has 0 aromatic carbocycles. The Hall–Kier alpha value is -3.08. The van der Waals surface area contributed by atoms with Crippen molar-refractivity contribution in [1.82, 2.24) is 24.8 Å². The zero-order valence-electron chi connectivity index (χ0n) is 15.8. The fourth-order valence-electron chi connectivity index (χ4n) is 4.08. The first kappa shape index (κ1) is 19.2. The Balaban J connectivity index is 1.71. The van der Waals surface area contributed by atoms with Crippen molar-refractivity contribution in [3.05, 3.63) is 40.1 Å². The second-order valence-electron chi connectivity index (χ2n) is 7.36. The van der Waals surface area contributed by atoms with Crippen molar-refractivity contribution in [3.63, 3.8) is 0 Å². The summed E-state index contributed by atoms with van der Waals surface area (Å²) in [4.78, 5) is 35.4. The number of aryl methyl sites for hydroxylation is 1. The number of fused-ring (bicyclic) bond motifs is 2. The third kappa shape index (κ3) is 3.41. The number of amides is 1. The first-order valence-corrected chi connectivity index (χ1v) is 9.24. The van der Waals surface area contributed by atoms with Crippen LogP contribution in [0.1, 0.15) is 28.9 Å². The molecule has 4 heterocycles. The lowest BCUT2D eigenvalue weighted by molar-refractivity contribution is 0.0391. The molecular formula is C18H21F2N7O2. The van der Waals surface area contributed by atoms with Crippen LogP contribution < -0.4 is 21.9 Å². The molecule has 0 aliphatic carbocycles. The molecule has 1 saturated heterocycles. The van der Waals surface area contributed by atoms with Crippen molar-refractivity contribution in [1.29, 1.82) is 0 Å². The Labute approximate surface area is 164 Å². The number of rotatable bonds is 4. The number of hydrogen-bond donors (Lipinski definition) is 3. The lowest BCUT2D eigenvalue weighted by atomic mass is 9.96. The number of aromatic nitrogens is 3. The van der Waals surface area contributed by atoms with E-state index in [1.807, 2.05) is 0 Å². The average molecular weight is 405 g/mol. The fraction of sp³-hybridized carbons (Fsp3) is 0.444. The third-order valence-corrected chi connectivity index (χ3v) is 5.41. The molecule has 0 radical (unpaired) electrons. The van der Waals surface area contributed by atoms with Gasteiger partial charge in [-0.2, -0.15) is 0 Å². The molecule has 1 amide bonds. The first-order chi connectivity index (χ1) is 13.8. The van der Waals surface area contributed by atoms with Crippen molar-refractivity contribution >= 4 is 23.2 Å². The topological polar surface area (TPSA) is 118 Å². The summed E-state index contributed by atoms with van der Waals surface area (Å²) in [5.74, 6) is 0.271. The number of nitrogen functional groups attached to an aromatic ring is 1. The van der Waals surface area contributed by atoms with Gasteiger partial charge in [0, 0.05) is 32.0 Å². The number of carbonyl (C=O) groups excluding carboxylic acids is 1. The number of piperidine rings is 1. The van der Waals surface area contributed by atoms with E-state index in [0.29, 0.717) is 43.0 Å². The number of alkyl halides is 2. The van der Waals surface area contributed by atoms with Gasteiger partial charge in [0.25, 0.3) is 17.9 Å². The molecule has 9 nitrogen and oxygen atoms in total. The number of pyridine rings is 1. The predicted octanol–water partition coefficient (Wildman–Crippen LogP) is 1.03. The zero-order chi connectivity index (χ0) is 20.8. The maximum Gasteiger partial charge on any atom is 0.276 e. The molecule has 1 fully saturated rings. The Bertz CT molecular complexity index is 1020. The molecular weight excluding hydrogens is 384 g/mol. The second-order valence-corrected chi connectivity index (χ2v) is 7.36. The highest BCUT2D eigenvalue weighted by atomic mass is 19.3. The molecule has 1 spiro atoms. The monoisotopic (exact) mass is 405 g/mol. The first-order valence-electron chi connectivity index (χ1n) is 9.24. The van der Waals surface area contributed by atoms with E-state index in [9.17, 15) is 18.4 Å². The van der Waals surface area contributed by atoms with Gasteiger partial charge in [-0.25, -0.2) is 18.7 Å². The molecule has 11 heteroatoms. The molecule has 2 aromatic heterocycles. The minimum absolute atomic E-state index is 0.246. The minimum Gasteiger partial charge on any atom is -0.384 e. The quantitative estimate of drug-likeness (QED) is 0.695. The number of likely N-dealkylation sites (tertiary alicyclic amines) is 1. The molecule has 0 saturated carbocycles. The third-order valence-electron chi connectivity index (χ3n) is 5.41. The Morgan fingerprint density at radius 1 is 1.28 bits per heavy atom. The van der Waals surface area contributed by atoms with Crippen LogP contribution in [0.2, 0.25) is 0 Å². The Kier molecular flexibility index (Phi) is 4.69. The van der Waals surface area contributed by atoms with Crippen molar-refractivity contribution in [2.45, 2.75) is 31.9 Å². The van der Waals surface area contributed by atoms with Crippen LogP contribution in [0, 0.1) is 6.92 Å². The summed E-state index contributed by atoms with van der Waals surface area (Å²) in [6.07, 6.45) is -0.417. The highest BCUT2D eigenvalue weighted by molar-refractivity contribution is 5.97. The molecule has 0 bridgehead atoms. The normalized spacial score (nSPS) is 18.1. The fourth-order valence-corrected chi connectivity index (χ4v) is 4.08. The highest BCUT2D eigenvalue weighted by Crippen LogP contribution is 2.34. The van der Waals surface area contributed by atoms with Crippen LogP contribution in [-0.2, 0) is 5.66 Å². The van der Waals surface area contributed by atoms with Gasteiger partial charge in [-0.15, -0.1) is 0 Å². The summed E-state index contributed by atoms with van der Waals surface area (Å²) in [5.41, 5.74) is 5.52. The van der Waals surface area contributed by atoms with Gasteiger partial charge in [0.15, 0.2) is 0 Å². The molecule has 4 rings (SSSR count). The van der Waals surface area contributed by atoms with Crippen molar-refractivity contribution in [2.24, 2.45) is 0 Å². The van der Waals surface area contributed by atoms with Gasteiger partial charge in [0.05, 0.1) is 6.54 Å². The lowest BCUT2D eigenvalue weighted by Gasteiger charge is -2.40. The van der Waals surface area contributed by atoms with E-state index in [-0.39, 0.29) is 29.5 Å². The van der Waals surface area contributed by atoms with E-state index in [1.54, 1.807) is 17.9 Å². The van der Waals surface area contributed by atoms with Crippen LogP contribution in [0.25, 0.3) is 0 Å². The summed E-state index contributed by atoms with van der Waals surface area (Å²) in [6.45, 7) is 2.14. The summed E-state index contributed by atoms with van der Waals surface area (Å²) >= 11 is 0. The van der Waals surface area contributed by atoms with Crippen LogP contribution in [0.4, 0.5) is 26.1 Å². The summed E-state index contributed by atoms with van der Waals surface area (Å²) in [7, 11) is 0. The van der Waals surface area contributed by atoms with E-state index < -0.39 is 12.1 Å². The van der Waals surface area contributed by atoms with E-state index in [0.717, 1.165) is 0 Å². The lowest BCUT2D eigenvalue weighted by Crippen LogP contribution is -2.55. The van der Waals surface area contributed by atoms with Crippen LogP contribution in [0.5, 0.6) is 0 Å². The second kappa shape index (κ2) is 7.07. The number of nitrogens with two attached hydrogens (primary N) is 1. The number of hydrogen-bond acceptors (Lipinski definition) is 7. The van der Waals surface area contributed by atoms with Crippen LogP contribution in [-0.4, -0.2) is 51.4 Å². The molecule has 0 atom stereocenters. The van der Waals surface area contributed by atoms with Gasteiger partial charge in [-0.1, -0.05) is 0 Å². The van der Waals surface area contributed by atoms with Gasteiger partial charge < -0.3 is 16.4 Å². The zero-order valence-corrected chi connectivity index (χ0v) is 15.8. The van der Waals surface area contributed by atoms with Crippen molar-refractivity contribution in [2.75, 3.05) is 30.7 Å². The van der Waals surface area contributed by atoms with E-state index in [4.69, 9.17) is 5.73 Å². The number of halogens is 2. The molecule has 154 valence electrons. The summed E-state index contributed by atoms with van der Waals surface area (Å²) < 4.78 is 26.9. The van der Waals surface area contributed by atoms with E-state index in [1.165, 1.54) is 17.0 Å². The molecule has 2 aliphatic heterocycles. The van der Waals surface area contributed by atoms with Gasteiger partial charge in [0.1, 0.15) is 35.0 Å². The van der Waals surface area contributed by atoms with Gasteiger partial charge in [-0.3, -0.25) is 19.1 Å². The molecule has 29 heavy (non-hydrogen) atoms. The van der Waals surface area contributed by atoms with Crippen molar-refractivity contribution < 1.29 is 13.6 Å². The van der Waals surface area contributed by atoms with Gasteiger partial charge >= 0.3 is 0 Å². The molecule has 0 unspecified atom stereocenters. The van der Waals surface area contributed by atoms with Gasteiger partial charge in [-0.05, 0) is 18.6 Å². The van der Waals surface area contributed by atoms with E-state index >= 15 is 0 Å². The minimum atomic E-state index is -2.42. The van der Waals surface area contributed by atoms with Crippen LogP contribution >= 0.6 is 0 Å². The smallest absolute Gasteiger partial charge is 0.276 e. The largest absolute Gasteiger partial charge is 0.384 e. The standard InChI is InChI=1S/C18H21F2N7O2/c1-10-6-11(24-14-7-13(21)22-9-23-14)17(29)27-15(10)16(28)25-18(27)2-4-26(5-3-18)8-12(19)20/h6-7,9,12H,2-5,8H2,1H3,(H,25,28)(H3,21,22,23,24). The Morgan fingerprint density at radius 2 is 2.00 bits per heavy atom. The van der Waals surface area contributed by atoms with Crippen LogP contribution in [0.15, 0.2) is 23.3 Å². The molecule has 4 N–H and O–H groups in total. The SMILES string of the molecule is Cc1cc(Nc2cc(N)ncn2)c(=O)n2c1C(=O)NC21CCN(CC(F)F)CC1. The Morgan fingerprint density at radius 3 is 2.66 bits per heavy atom. The number of nitrogens with zero attached hydrogens (tertiary/aromatic N) is 4. The van der Waals surface area contributed by atoms with E-state index in [2.05, 4.69) is 20.6 Å². The van der Waals surface area contributed by atoms with Gasteiger partial charge in [0.2, 0.25) is 0 Å². The number of nitrogens with one attached hydrogen (secondary N) is 2. The summed E-state index contributed by atoms with van der Waals surface area (Å²) in [6, 6.07) is 3.09. The highest BCUT2D eigenvalue weighted by Gasteiger charge is 2.46. The maximum atomic E-state index is 13.3. The number of carbonyl (C=O) groups is 1. The van der Waals surface area contributed by atoms with Crippen LogP contribution in [0.3, 0.4) is 0 Å². The molecule has 2 aliphatic rings. The maximum absolute atomic E-state index is 13.3. The predicted molar refractivity (Wildman–Crippen MR) is 102 cm³/mol. The summed E-state index contributed by atoms with van der Waals surface area (Å²) in [5, 5.41) is 5.87. The average Bonchev–Trinajstić information content (AvgIpc) is 2.94. The van der Waals surface area contributed by atoms with Crippen molar-refractivity contribution in [3.8, 4) is 0 Å². The molecule has 2 aromatic rings.